The highest BCUT2D eigenvalue weighted by Gasteiger charge is 2.18. The molecule has 1 amide bonds. The minimum atomic E-state index is -0.0836. The molecule has 0 aliphatic heterocycles. The molecule has 33 heavy (non-hydrogen) atoms. The molecule has 3 nitrogen and oxygen atoms in total. The molecule has 2 N–H and O–H groups in total. The zero-order valence-electron chi connectivity index (χ0n) is 18.3. The van der Waals surface area contributed by atoms with E-state index >= 15 is 0 Å². The third-order valence-electron chi connectivity index (χ3n) is 6.14. The van der Waals surface area contributed by atoms with E-state index in [1.807, 2.05) is 72.8 Å². The second-order valence-electron chi connectivity index (χ2n) is 8.31. The van der Waals surface area contributed by atoms with Crippen molar-refractivity contribution < 1.29 is 9.90 Å². The third-order valence-corrected chi connectivity index (χ3v) is 6.14. The smallest absolute Gasteiger partial charge is 0.251 e. The van der Waals surface area contributed by atoms with Crippen molar-refractivity contribution in [1.29, 1.82) is 0 Å². The van der Waals surface area contributed by atoms with Gasteiger partial charge in [0, 0.05) is 16.8 Å². The molecule has 162 valence electrons. The van der Waals surface area contributed by atoms with E-state index in [1.165, 1.54) is 11.1 Å². The zero-order valence-corrected chi connectivity index (χ0v) is 18.3. The molecule has 1 aliphatic rings. The summed E-state index contributed by atoms with van der Waals surface area (Å²) in [5.41, 5.74) is 8.92. The van der Waals surface area contributed by atoms with Gasteiger partial charge in [-0.3, -0.25) is 4.79 Å². The lowest BCUT2D eigenvalue weighted by Crippen LogP contribution is -2.17. The highest BCUT2D eigenvalue weighted by Crippen LogP contribution is 2.32. The number of carbonyl (C=O) groups excluding carboxylic acids is 1. The fraction of sp³-hybridized carbons (Fsp3) is 0.100. The molecule has 0 bridgehead atoms. The summed E-state index contributed by atoms with van der Waals surface area (Å²) in [5.74, 6) is -0.0836. The molecular weight excluding hydrogens is 406 g/mol. The molecule has 0 radical (unpaired) electrons. The van der Waals surface area contributed by atoms with Crippen LogP contribution in [0.4, 0.5) is 5.69 Å². The molecule has 3 heteroatoms. The number of aliphatic hydroxyl groups excluding tert-OH is 1. The Bertz CT molecular complexity index is 1320. The Labute approximate surface area is 194 Å². The lowest BCUT2D eigenvalue weighted by atomic mass is 9.89. The molecule has 0 heterocycles. The topological polar surface area (TPSA) is 49.3 Å². The lowest BCUT2D eigenvalue weighted by Gasteiger charge is -2.19. The number of hydrogen-bond donors (Lipinski definition) is 2. The maximum absolute atomic E-state index is 13.2. The number of fused-ring (bicyclic) bond motifs is 1. The SMILES string of the molecule is O=C(Nc1ccc(CO)cc1-c1ccccc1)C1=Cc2cc(-c3ccccc3)ccc2CC1. The number of nitrogens with one attached hydrogen (secondary N) is 1. The van der Waals surface area contributed by atoms with Crippen molar-refractivity contribution in [2.45, 2.75) is 19.4 Å². The van der Waals surface area contributed by atoms with E-state index in [-0.39, 0.29) is 12.5 Å². The Morgan fingerprint density at radius 3 is 2.21 bits per heavy atom. The molecule has 0 fully saturated rings. The van der Waals surface area contributed by atoms with Gasteiger partial charge in [-0.15, -0.1) is 0 Å². The van der Waals surface area contributed by atoms with Gasteiger partial charge in [0.2, 0.25) is 0 Å². The van der Waals surface area contributed by atoms with Gasteiger partial charge < -0.3 is 10.4 Å². The average Bonchev–Trinajstić information content (AvgIpc) is 2.89. The van der Waals surface area contributed by atoms with Crippen LogP contribution in [0.5, 0.6) is 0 Å². The largest absolute Gasteiger partial charge is 0.392 e. The number of hydrogen-bond acceptors (Lipinski definition) is 2. The molecule has 4 aromatic rings. The highest BCUT2D eigenvalue weighted by molar-refractivity contribution is 6.09. The molecule has 0 aromatic heterocycles. The summed E-state index contributed by atoms with van der Waals surface area (Å²) in [5, 5.41) is 12.7. The Morgan fingerprint density at radius 2 is 1.48 bits per heavy atom. The van der Waals surface area contributed by atoms with Crippen LogP contribution in [-0.2, 0) is 17.8 Å². The lowest BCUT2D eigenvalue weighted by molar-refractivity contribution is -0.112. The first kappa shape index (κ1) is 20.9. The van der Waals surface area contributed by atoms with Crippen LogP contribution in [0, 0.1) is 0 Å². The van der Waals surface area contributed by atoms with Crippen LogP contribution in [0.1, 0.15) is 23.1 Å². The minimum absolute atomic E-state index is 0.0419. The predicted molar refractivity (Wildman–Crippen MR) is 135 cm³/mol. The van der Waals surface area contributed by atoms with Gasteiger partial charge in [-0.2, -0.15) is 0 Å². The molecule has 4 aromatic carbocycles. The fourth-order valence-corrected chi connectivity index (χ4v) is 4.33. The quantitative estimate of drug-likeness (QED) is 0.380. The standard InChI is InChI=1S/C30H25NO2/c32-20-21-11-16-29(28(17-21)24-9-5-2-6-10-24)31-30(33)26-15-13-23-12-14-25(18-27(23)19-26)22-7-3-1-4-8-22/h1-12,14,16-19,32H,13,15,20H2,(H,31,33). The van der Waals surface area contributed by atoms with Crippen LogP contribution in [0.3, 0.4) is 0 Å². The van der Waals surface area contributed by atoms with E-state index < -0.39 is 0 Å². The van der Waals surface area contributed by atoms with Gasteiger partial charge in [-0.1, -0.05) is 78.9 Å². The summed E-state index contributed by atoms with van der Waals surface area (Å²) in [7, 11) is 0. The van der Waals surface area contributed by atoms with E-state index in [1.54, 1.807) is 0 Å². The summed E-state index contributed by atoms with van der Waals surface area (Å²) >= 11 is 0. The minimum Gasteiger partial charge on any atom is -0.392 e. The first-order chi connectivity index (χ1) is 16.2. The maximum atomic E-state index is 13.2. The van der Waals surface area contributed by atoms with Gasteiger partial charge in [0.25, 0.3) is 5.91 Å². The summed E-state index contributed by atoms with van der Waals surface area (Å²) in [6, 6.07) is 32.4. The van der Waals surface area contributed by atoms with Crippen molar-refractivity contribution in [2.75, 3.05) is 5.32 Å². The Hall–Kier alpha value is -3.95. The number of rotatable bonds is 5. The normalized spacial score (nSPS) is 12.6. The van der Waals surface area contributed by atoms with Crippen LogP contribution < -0.4 is 5.32 Å². The van der Waals surface area contributed by atoms with E-state index in [0.29, 0.717) is 6.42 Å². The molecule has 0 spiro atoms. The Kier molecular flexibility index (Phi) is 5.88. The van der Waals surface area contributed by atoms with Gasteiger partial charge in [0.05, 0.1) is 6.61 Å². The Morgan fingerprint density at radius 1 is 0.758 bits per heavy atom. The Balaban J connectivity index is 1.44. The van der Waals surface area contributed by atoms with E-state index in [2.05, 4.69) is 35.6 Å². The van der Waals surface area contributed by atoms with E-state index in [9.17, 15) is 9.90 Å². The third kappa shape index (κ3) is 4.50. The van der Waals surface area contributed by atoms with E-state index in [0.717, 1.165) is 45.5 Å². The number of benzene rings is 4. The van der Waals surface area contributed by atoms with Gasteiger partial charge in [-0.25, -0.2) is 0 Å². The van der Waals surface area contributed by atoms with Crippen LogP contribution in [0.25, 0.3) is 28.3 Å². The molecule has 5 rings (SSSR count). The second-order valence-corrected chi connectivity index (χ2v) is 8.31. The van der Waals surface area contributed by atoms with Crippen LogP contribution in [0.15, 0.2) is 103 Å². The summed E-state index contributed by atoms with van der Waals surface area (Å²) in [4.78, 5) is 13.2. The van der Waals surface area contributed by atoms with E-state index in [4.69, 9.17) is 0 Å². The monoisotopic (exact) mass is 431 g/mol. The van der Waals surface area contributed by atoms with Crippen molar-refractivity contribution in [3.63, 3.8) is 0 Å². The summed E-state index contributed by atoms with van der Waals surface area (Å²) in [6.07, 6.45) is 3.57. The van der Waals surface area contributed by atoms with Gasteiger partial charge in [0.15, 0.2) is 0 Å². The average molecular weight is 432 g/mol. The number of aliphatic hydroxyl groups is 1. The second kappa shape index (κ2) is 9.27. The van der Waals surface area contributed by atoms with Crippen LogP contribution in [-0.4, -0.2) is 11.0 Å². The van der Waals surface area contributed by atoms with Crippen molar-refractivity contribution in [3.05, 3.63) is 119 Å². The van der Waals surface area contributed by atoms with Crippen molar-refractivity contribution in [3.8, 4) is 22.3 Å². The summed E-state index contributed by atoms with van der Waals surface area (Å²) < 4.78 is 0. The fourth-order valence-electron chi connectivity index (χ4n) is 4.33. The van der Waals surface area contributed by atoms with Gasteiger partial charge >= 0.3 is 0 Å². The van der Waals surface area contributed by atoms with Gasteiger partial charge in [-0.05, 0) is 70.5 Å². The number of carbonyl (C=O) groups is 1. The first-order valence-corrected chi connectivity index (χ1v) is 11.2. The predicted octanol–water partition coefficient (Wildman–Crippen LogP) is 6.48. The molecule has 1 aliphatic carbocycles. The molecule has 0 unspecified atom stereocenters. The van der Waals surface area contributed by atoms with Gasteiger partial charge in [0.1, 0.15) is 0 Å². The van der Waals surface area contributed by atoms with Crippen LogP contribution >= 0.6 is 0 Å². The van der Waals surface area contributed by atoms with Crippen LogP contribution in [0.2, 0.25) is 0 Å². The molecular formula is C30H25NO2. The molecule has 0 atom stereocenters. The summed E-state index contributed by atoms with van der Waals surface area (Å²) in [6.45, 7) is -0.0419. The zero-order chi connectivity index (χ0) is 22.6. The molecule has 0 saturated carbocycles. The number of amides is 1. The maximum Gasteiger partial charge on any atom is 0.251 e. The number of anilines is 1. The number of aryl methyl sites for hydroxylation is 1. The molecule has 0 saturated heterocycles. The highest BCUT2D eigenvalue weighted by atomic mass is 16.3. The van der Waals surface area contributed by atoms with Crippen molar-refractivity contribution >= 4 is 17.7 Å². The first-order valence-electron chi connectivity index (χ1n) is 11.2. The van der Waals surface area contributed by atoms with Crippen molar-refractivity contribution in [1.82, 2.24) is 0 Å². The van der Waals surface area contributed by atoms with Crippen molar-refractivity contribution in [2.24, 2.45) is 0 Å².